The first-order valence-electron chi connectivity index (χ1n) is 8.63. The van der Waals surface area contributed by atoms with E-state index in [-0.39, 0.29) is 0 Å². The van der Waals surface area contributed by atoms with Crippen molar-refractivity contribution in [1.29, 1.82) is 0 Å². The van der Waals surface area contributed by atoms with Gasteiger partial charge in [-0.1, -0.05) is 24.3 Å². The summed E-state index contributed by atoms with van der Waals surface area (Å²) < 4.78 is 5.95. The van der Waals surface area contributed by atoms with Crippen molar-refractivity contribution < 1.29 is 4.42 Å². The molecule has 0 fully saturated rings. The smallest absolute Gasteiger partial charge is 0.191 e. The molecule has 1 aromatic carbocycles. The molecule has 136 valence electrons. The monoisotopic (exact) mass is 351 g/mol. The average Bonchev–Trinajstić information content (AvgIpc) is 2.98. The van der Waals surface area contributed by atoms with Crippen molar-refractivity contribution in [3.05, 3.63) is 59.5 Å². The van der Waals surface area contributed by atoms with Gasteiger partial charge < -0.3 is 20.0 Å². The van der Waals surface area contributed by atoms with Gasteiger partial charge in [0, 0.05) is 50.4 Å². The lowest BCUT2D eigenvalue weighted by molar-refractivity contribution is 0.534. The Morgan fingerprint density at radius 1 is 1.12 bits per heavy atom. The molecule has 0 unspecified atom stereocenters. The molecule has 3 rings (SSSR count). The summed E-state index contributed by atoms with van der Waals surface area (Å²) in [5.41, 5.74) is 3.18. The van der Waals surface area contributed by atoms with Gasteiger partial charge in [0.15, 0.2) is 5.96 Å². The van der Waals surface area contributed by atoms with Gasteiger partial charge in [0.05, 0.1) is 6.54 Å². The SMILES string of the molecule is CN=C(NCc1cccnc1N(C)C)NCc1oc2ccccc2c1C. The number of fused-ring (bicyclic) bond motifs is 1. The van der Waals surface area contributed by atoms with Gasteiger partial charge in [-0.25, -0.2) is 4.98 Å². The number of hydrogen-bond donors (Lipinski definition) is 2. The van der Waals surface area contributed by atoms with Gasteiger partial charge in [0.2, 0.25) is 0 Å². The minimum Gasteiger partial charge on any atom is -0.459 e. The third kappa shape index (κ3) is 3.79. The Bertz CT molecular complexity index is 913. The van der Waals surface area contributed by atoms with Crippen LogP contribution in [0.15, 0.2) is 52.0 Å². The predicted octanol–water partition coefficient (Wildman–Crippen LogP) is 3.07. The number of rotatable bonds is 5. The van der Waals surface area contributed by atoms with E-state index in [2.05, 4.69) is 39.7 Å². The predicted molar refractivity (Wildman–Crippen MR) is 107 cm³/mol. The highest BCUT2D eigenvalue weighted by atomic mass is 16.3. The molecular formula is C20H25N5O. The summed E-state index contributed by atoms with van der Waals surface area (Å²) in [6.07, 6.45) is 1.80. The molecule has 0 atom stereocenters. The fourth-order valence-electron chi connectivity index (χ4n) is 2.93. The summed E-state index contributed by atoms with van der Waals surface area (Å²) in [4.78, 5) is 10.7. The molecule has 0 bridgehead atoms. The Hall–Kier alpha value is -3.02. The molecule has 6 heteroatoms. The average molecular weight is 351 g/mol. The van der Waals surface area contributed by atoms with E-state index in [1.165, 1.54) is 0 Å². The zero-order valence-electron chi connectivity index (χ0n) is 15.7. The van der Waals surface area contributed by atoms with Crippen LogP contribution in [0.25, 0.3) is 11.0 Å². The third-order valence-electron chi connectivity index (χ3n) is 4.32. The van der Waals surface area contributed by atoms with Gasteiger partial charge >= 0.3 is 0 Å². The Labute approximate surface area is 153 Å². The number of nitrogens with one attached hydrogen (secondary N) is 2. The minimum absolute atomic E-state index is 0.577. The van der Waals surface area contributed by atoms with Crippen molar-refractivity contribution in [1.82, 2.24) is 15.6 Å². The molecule has 26 heavy (non-hydrogen) atoms. The number of aliphatic imine (C=N–C) groups is 1. The lowest BCUT2D eigenvalue weighted by atomic mass is 10.1. The Balaban J connectivity index is 1.64. The van der Waals surface area contributed by atoms with E-state index in [1.54, 1.807) is 13.2 Å². The van der Waals surface area contributed by atoms with Crippen LogP contribution in [0.5, 0.6) is 0 Å². The summed E-state index contributed by atoms with van der Waals surface area (Å²) in [7, 11) is 5.74. The zero-order valence-corrected chi connectivity index (χ0v) is 15.7. The molecule has 2 heterocycles. The molecule has 0 saturated carbocycles. The number of furan rings is 1. The van der Waals surface area contributed by atoms with E-state index in [9.17, 15) is 0 Å². The zero-order chi connectivity index (χ0) is 18.5. The van der Waals surface area contributed by atoms with Crippen LogP contribution in [0.2, 0.25) is 0 Å². The van der Waals surface area contributed by atoms with Crippen LogP contribution >= 0.6 is 0 Å². The van der Waals surface area contributed by atoms with E-state index >= 15 is 0 Å². The van der Waals surface area contributed by atoms with E-state index in [0.29, 0.717) is 13.1 Å². The molecule has 0 aliphatic heterocycles. The first-order chi connectivity index (χ1) is 12.6. The molecule has 0 spiro atoms. The quantitative estimate of drug-likeness (QED) is 0.546. The first kappa shape index (κ1) is 17.8. The van der Waals surface area contributed by atoms with Gasteiger partial charge in [-0.3, -0.25) is 4.99 Å². The summed E-state index contributed by atoms with van der Waals surface area (Å²) in [5, 5.41) is 7.80. The Morgan fingerprint density at radius 2 is 1.88 bits per heavy atom. The van der Waals surface area contributed by atoms with E-state index in [0.717, 1.165) is 39.6 Å². The van der Waals surface area contributed by atoms with Crippen molar-refractivity contribution >= 4 is 22.7 Å². The highest BCUT2D eigenvalue weighted by Gasteiger charge is 2.11. The maximum absolute atomic E-state index is 5.95. The largest absolute Gasteiger partial charge is 0.459 e. The number of nitrogens with zero attached hydrogens (tertiary/aromatic N) is 3. The lowest BCUT2D eigenvalue weighted by Gasteiger charge is -2.17. The van der Waals surface area contributed by atoms with Crippen LogP contribution < -0.4 is 15.5 Å². The second-order valence-corrected chi connectivity index (χ2v) is 6.31. The molecular weight excluding hydrogens is 326 g/mol. The number of anilines is 1. The summed E-state index contributed by atoms with van der Waals surface area (Å²) in [6, 6.07) is 12.1. The van der Waals surface area contributed by atoms with Crippen LogP contribution in [-0.2, 0) is 13.1 Å². The Kier molecular flexibility index (Phi) is 5.41. The van der Waals surface area contributed by atoms with Crippen LogP contribution in [-0.4, -0.2) is 32.1 Å². The van der Waals surface area contributed by atoms with E-state index in [4.69, 9.17) is 4.42 Å². The third-order valence-corrected chi connectivity index (χ3v) is 4.32. The number of aromatic nitrogens is 1. The van der Waals surface area contributed by atoms with Gasteiger partial charge in [0.25, 0.3) is 0 Å². The molecule has 0 saturated heterocycles. The highest BCUT2D eigenvalue weighted by Crippen LogP contribution is 2.24. The molecule has 0 amide bonds. The highest BCUT2D eigenvalue weighted by molar-refractivity contribution is 5.83. The number of aryl methyl sites for hydroxylation is 1. The lowest BCUT2D eigenvalue weighted by Crippen LogP contribution is -2.36. The van der Waals surface area contributed by atoms with Crippen molar-refractivity contribution in [3.63, 3.8) is 0 Å². The summed E-state index contributed by atoms with van der Waals surface area (Å²) >= 11 is 0. The van der Waals surface area contributed by atoms with Crippen molar-refractivity contribution in [2.24, 2.45) is 4.99 Å². The summed E-state index contributed by atoms with van der Waals surface area (Å²) in [6.45, 7) is 3.30. The molecule has 0 radical (unpaired) electrons. The number of benzene rings is 1. The molecule has 0 aliphatic carbocycles. The number of guanidine groups is 1. The van der Waals surface area contributed by atoms with Crippen molar-refractivity contribution in [2.45, 2.75) is 20.0 Å². The van der Waals surface area contributed by atoms with Crippen molar-refractivity contribution in [3.8, 4) is 0 Å². The molecule has 3 aromatic rings. The molecule has 6 nitrogen and oxygen atoms in total. The topological polar surface area (TPSA) is 65.7 Å². The fraction of sp³-hybridized carbons (Fsp3) is 0.300. The van der Waals surface area contributed by atoms with Gasteiger partial charge in [-0.05, 0) is 19.1 Å². The second-order valence-electron chi connectivity index (χ2n) is 6.31. The fourth-order valence-corrected chi connectivity index (χ4v) is 2.93. The number of pyridine rings is 1. The maximum Gasteiger partial charge on any atom is 0.191 e. The maximum atomic E-state index is 5.95. The van der Waals surface area contributed by atoms with Gasteiger partial charge in [-0.15, -0.1) is 0 Å². The summed E-state index contributed by atoms with van der Waals surface area (Å²) in [5.74, 6) is 2.59. The van der Waals surface area contributed by atoms with Crippen LogP contribution in [0.3, 0.4) is 0 Å². The van der Waals surface area contributed by atoms with Crippen LogP contribution in [0, 0.1) is 6.92 Å². The van der Waals surface area contributed by atoms with Crippen LogP contribution in [0.1, 0.15) is 16.9 Å². The molecule has 0 aliphatic rings. The van der Waals surface area contributed by atoms with E-state index in [1.807, 2.05) is 43.3 Å². The van der Waals surface area contributed by atoms with Crippen molar-refractivity contribution in [2.75, 3.05) is 26.0 Å². The Morgan fingerprint density at radius 3 is 2.62 bits per heavy atom. The first-order valence-corrected chi connectivity index (χ1v) is 8.63. The minimum atomic E-state index is 0.577. The van der Waals surface area contributed by atoms with E-state index < -0.39 is 0 Å². The number of hydrogen-bond acceptors (Lipinski definition) is 4. The standard InChI is InChI=1S/C20H25N5O/c1-14-16-9-5-6-10-17(16)26-18(14)13-24-20(21-2)23-12-15-8-7-11-22-19(15)25(3)4/h5-11H,12-13H2,1-4H3,(H2,21,23,24). The number of para-hydroxylation sites is 1. The van der Waals surface area contributed by atoms with Crippen LogP contribution in [0.4, 0.5) is 5.82 Å². The second kappa shape index (κ2) is 7.91. The van der Waals surface area contributed by atoms with Gasteiger partial charge in [-0.2, -0.15) is 0 Å². The molecule has 2 N–H and O–H groups in total. The molecule has 2 aromatic heterocycles. The van der Waals surface area contributed by atoms with Gasteiger partial charge in [0.1, 0.15) is 17.2 Å². The normalized spacial score (nSPS) is 11.6.